The lowest BCUT2D eigenvalue weighted by atomic mass is 10.1. The van der Waals surface area contributed by atoms with Crippen LogP contribution in [0.4, 0.5) is 4.39 Å². The van der Waals surface area contributed by atoms with E-state index in [0.717, 1.165) is 10.5 Å². The predicted octanol–water partition coefficient (Wildman–Crippen LogP) is 4.61. The minimum atomic E-state index is -0.209. The Labute approximate surface area is 118 Å². The number of hydrogen-bond acceptors (Lipinski definition) is 2. The van der Waals surface area contributed by atoms with Crippen LogP contribution < -0.4 is 5.73 Å². The molecule has 1 atom stereocenters. The molecule has 0 fully saturated rings. The average molecular weight is 275 g/mol. The fraction of sp³-hybridized carbons (Fsp3) is 0.250. The first-order valence-corrected chi connectivity index (χ1v) is 7.09. The van der Waals surface area contributed by atoms with E-state index in [0.29, 0.717) is 4.90 Å². The highest BCUT2D eigenvalue weighted by atomic mass is 32.2. The summed E-state index contributed by atoms with van der Waals surface area (Å²) in [7, 11) is 0. The summed E-state index contributed by atoms with van der Waals surface area (Å²) in [6.45, 7) is 5.95. The zero-order valence-corrected chi connectivity index (χ0v) is 12.2. The minimum absolute atomic E-state index is 0.144. The molecule has 0 spiro atoms. The van der Waals surface area contributed by atoms with Crippen molar-refractivity contribution in [2.24, 2.45) is 5.73 Å². The van der Waals surface area contributed by atoms with Crippen LogP contribution in [0.3, 0.4) is 0 Å². The van der Waals surface area contributed by atoms with Crippen molar-refractivity contribution in [3.63, 3.8) is 0 Å². The zero-order chi connectivity index (χ0) is 14.0. The number of nitrogens with two attached hydrogens (primary N) is 1. The van der Waals surface area contributed by atoms with Crippen molar-refractivity contribution in [2.45, 2.75) is 36.6 Å². The van der Waals surface area contributed by atoms with Crippen molar-refractivity contribution in [1.29, 1.82) is 0 Å². The van der Waals surface area contributed by atoms with E-state index >= 15 is 0 Å². The number of hydrogen-bond donors (Lipinski definition) is 1. The molecule has 0 aromatic heterocycles. The van der Waals surface area contributed by atoms with Gasteiger partial charge >= 0.3 is 0 Å². The maximum atomic E-state index is 14.0. The van der Waals surface area contributed by atoms with Gasteiger partial charge in [0.05, 0.1) is 0 Å². The Balaban J connectivity index is 2.28. The molecule has 2 aromatic rings. The van der Waals surface area contributed by atoms with Crippen LogP contribution in [0.5, 0.6) is 0 Å². The first-order valence-electron chi connectivity index (χ1n) is 6.27. The van der Waals surface area contributed by atoms with E-state index in [1.807, 2.05) is 32.0 Å². The molecule has 0 aliphatic heterocycles. The van der Waals surface area contributed by atoms with Crippen molar-refractivity contribution in [2.75, 3.05) is 0 Å². The van der Waals surface area contributed by atoms with Gasteiger partial charge in [-0.25, -0.2) is 4.39 Å². The lowest BCUT2D eigenvalue weighted by Gasteiger charge is -2.10. The van der Waals surface area contributed by atoms with Gasteiger partial charge in [-0.3, -0.25) is 0 Å². The largest absolute Gasteiger partial charge is 0.324 e. The molecule has 0 bridgehead atoms. The van der Waals surface area contributed by atoms with E-state index in [1.165, 1.54) is 29.0 Å². The smallest absolute Gasteiger partial charge is 0.137 e. The zero-order valence-electron chi connectivity index (χ0n) is 11.4. The molecule has 0 unspecified atom stereocenters. The average Bonchev–Trinajstić information content (AvgIpc) is 2.34. The maximum absolute atomic E-state index is 14.0. The Bertz CT molecular complexity index is 593. The first kappa shape index (κ1) is 14.1. The molecule has 100 valence electrons. The van der Waals surface area contributed by atoms with Crippen molar-refractivity contribution < 1.29 is 4.39 Å². The van der Waals surface area contributed by atoms with E-state index in [9.17, 15) is 4.39 Å². The van der Waals surface area contributed by atoms with Gasteiger partial charge in [0.1, 0.15) is 5.82 Å². The Morgan fingerprint density at radius 3 is 2.32 bits per heavy atom. The Morgan fingerprint density at radius 2 is 1.74 bits per heavy atom. The van der Waals surface area contributed by atoms with Crippen LogP contribution >= 0.6 is 11.8 Å². The van der Waals surface area contributed by atoms with Crippen molar-refractivity contribution in [1.82, 2.24) is 0 Å². The molecule has 0 amide bonds. The lowest BCUT2D eigenvalue weighted by molar-refractivity contribution is 0.596. The molecular weight excluding hydrogens is 257 g/mol. The predicted molar refractivity (Wildman–Crippen MR) is 79.0 cm³/mol. The summed E-state index contributed by atoms with van der Waals surface area (Å²) in [6, 6.07) is 11.3. The minimum Gasteiger partial charge on any atom is -0.324 e. The Kier molecular flexibility index (Phi) is 4.27. The summed E-state index contributed by atoms with van der Waals surface area (Å²) >= 11 is 1.45. The fourth-order valence-corrected chi connectivity index (χ4v) is 2.80. The highest BCUT2D eigenvalue weighted by molar-refractivity contribution is 7.99. The van der Waals surface area contributed by atoms with E-state index in [-0.39, 0.29) is 11.9 Å². The van der Waals surface area contributed by atoms with Gasteiger partial charge in [0, 0.05) is 15.8 Å². The van der Waals surface area contributed by atoms with Gasteiger partial charge in [-0.05, 0) is 50.1 Å². The fourth-order valence-electron chi connectivity index (χ4n) is 1.92. The van der Waals surface area contributed by atoms with Gasteiger partial charge in [-0.15, -0.1) is 0 Å². The maximum Gasteiger partial charge on any atom is 0.137 e. The number of rotatable bonds is 3. The summed E-state index contributed by atoms with van der Waals surface area (Å²) in [4.78, 5) is 1.72. The Hall–Kier alpha value is -1.32. The molecule has 0 heterocycles. The number of aryl methyl sites for hydroxylation is 2. The van der Waals surface area contributed by atoms with Crippen LogP contribution in [0.2, 0.25) is 0 Å². The lowest BCUT2D eigenvalue weighted by Crippen LogP contribution is -2.05. The molecule has 19 heavy (non-hydrogen) atoms. The summed E-state index contributed by atoms with van der Waals surface area (Å²) in [5.74, 6) is -0.209. The number of benzene rings is 2. The van der Waals surface area contributed by atoms with Gasteiger partial charge in [0.25, 0.3) is 0 Å². The molecular formula is C16H18FNS. The van der Waals surface area contributed by atoms with Crippen molar-refractivity contribution in [3.05, 3.63) is 58.9 Å². The molecule has 0 saturated heterocycles. The molecule has 0 aliphatic rings. The van der Waals surface area contributed by atoms with Gasteiger partial charge in [0.2, 0.25) is 0 Å². The summed E-state index contributed by atoms with van der Waals surface area (Å²) in [5, 5.41) is 0. The van der Waals surface area contributed by atoms with Crippen molar-refractivity contribution >= 4 is 11.8 Å². The van der Waals surface area contributed by atoms with Crippen LogP contribution in [0.25, 0.3) is 0 Å². The summed E-state index contributed by atoms with van der Waals surface area (Å²) in [6.07, 6.45) is 0. The molecule has 3 heteroatoms. The second-order valence-corrected chi connectivity index (χ2v) is 5.93. The quantitative estimate of drug-likeness (QED) is 0.885. The molecule has 0 saturated carbocycles. The van der Waals surface area contributed by atoms with Crippen molar-refractivity contribution in [3.8, 4) is 0 Å². The van der Waals surface area contributed by atoms with Crippen LogP contribution in [0, 0.1) is 19.7 Å². The molecule has 2 aromatic carbocycles. The topological polar surface area (TPSA) is 26.0 Å². The molecule has 1 nitrogen and oxygen atoms in total. The third-order valence-corrected chi connectivity index (χ3v) is 4.26. The molecule has 0 radical (unpaired) electrons. The van der Waals surface area contributed by atoms with Gasteiger partial charge < -0.3 is 5.73 Å². The highest BCUT2D eigenvalue weighted by Gasteiger charge is 2.09. The molecule has 2 rings (SSSR count). The second kappa shape index (κ2) is 5.76. The van der Waals surface area contributed by atoms with Crippen LogP contribution in [-0.4, -0.2) is 0 Å². The monoisotopic (exact) mass is 275 g/mol. The highest BCUT2D eigenvalue weighted by Crippen LogP contribution is 2.33. The molecule has 2 N–H and O–H groups in total. The SMILES string of the molecule is Cc1ccc(Sc2ccc([C@H](C)N)cc2F)c(C)c1. The van der Waals surface area contributed by atoms with Crippen LogP contribution in [0.1, 0.15) is 29.7 Å². The first-order chi connectivity index (χ1) is 8.97. The summed E-state index contributed by atoms with van der Waals surface area (Å²) < 4.78 is 14.0. The van der Waals surface area contributed by atoms with Gasteiger partial charge in [-0.2, -0.15) is 0 Å². The normalized spacial score (nSPS) is 12.5. The Morgan fingerprint density at radius 1 is 1.05 bits per heavy atom. The van der Waals surface area contributed by atoms with E-state index in [1.54, 1.807) is 6.07 Å². The van der Waals surface area contributed by atoms with E-state index in [4.69, 9.17) is 5.73 Å². The summed E-state index contributed by atoms with van der Waals surface area (Å²) in [5.41, 5.74) is 8.96. The molecule has 0 aliphatic carbocycles. The standard InChI is InChI=1S/C16H18FNS/c1-10-4-6-15(11(2)8-10)19-16-7-5-13(12(3)18)9-14(16)17/h4-9,12H,18H2,1-3H3/t12-/m0/s1. The number of halogens is 1. The third-order valence-electron chi connectivity index (χ3n) is 3.03. The van der Waals surface area contributed by atoms with Crippen LogP contribution in [0.15, 0.2) is 46.2 Å². The second-order valence-electron chi connectivity index (χ2n) is 4.85. The van der Waals surface area contributed by atoms with Crippen LogP contribution in [-0.2, 0) is 0 Å². The van der Waals surface area contributed by atoms with E-state index in [2.05, 4.69) is 13.0 Å². The van der Waals surface area contributed by atoms with E-state index < -0.39 is 0 Å². The third kappa shape index (κ3) is 3.37. The van der Waals surface area contributed by atoms with Gasteiger partial charge in [-0.1, -0.05) is 35.5 Å². The van der Waals surface area contributed by atoms with Gasteiger partial charge in [0.15, 0.2) is 0 Å².